The van der Waals surface area contributed by atoms with Gasteiger partial charge < -0.3 is 4.90 Å². The molecule has 1 unspecified atom stereocenters. The van der Waals surface area contributed by atoms with Gasteiger partial charge in [-0.1, -0.05) is 23.7 Å². The summed E-state index contributed by atoms with van der Waals surface area (Å²) in [4.78, 5) is 23.7. The molecule has 3 heterocycles. The fraction of sp³-hybridized carbons (Fsp3) is 0.421. The quantitative estimate of drug-likeness (QED) is 0.866. The van der Waals surface area contributed by atoms with Gasteiger partial charge in [0.1, 0.15) is 6.04 Å². The minimum absolute atomic E-state index is 0.0856. The Labute approximate surface area is 157 Å². The number of aromatic nitrogens is 2. The third-order valence-electron chi connectivity index (χ3n) is 5.13. The van der Waals surface area contributed by atoms with Crippen LogP contribution >= 0.6 is 11.6 Å². The van der Waals surface area contributed by atoms with Crippen LogP contribution in [0.2, 0.25) is 5.02 Å². The number of hydrazine groups is 1. The zero-order chi connectivity index (χ0) is 17.9. The van der Waals surface area contributed by atoms with E-state index >= 15 is 0 Å². The molecule has 7 heteroatoms. The van der Waals surface area contributed by atoms with Crippen molar-refractivity contribution in [3.8, 4) is 11.3 Å². The van der Waals surface area contributed by atoms with Crippen molar-refractivity contribution in [1.29, 1.82) is 0 Å². The van der Waals surface area contributed by atoms with Crippen LogP contribution in [0.3, 0.4) is 0 Å². The van der Waals surface area contributed by atoms with Crippen molar-refractivity contribution in [3.05, 3.63) is 47.4 Å². The highest BCUT2D eigenvalue weighted by molar-refractivity contribution is 6.30. The lowest BCUT2D eigenvalue weighted by Crippen LogP contribution is -2.48. The van der Waals surface area contributed by atoms with Gasteiger partial charge in [0.15, 0.2) is 0 Å². The number of nitrogens with zero attached hydrogens (tertiary/aromatic N) is 3. The number of hydrogen-bond donors (Lipinski definition) is 2. The molecule has 1 atom stereocenters. The summed E-state index contributed by atoms with van der Waals surface area (Å²) in [5.41, 5.74) is 8.88. The Morgan fingerprint density at radius 3 is 2.77 bits per heavy atom. The maximum atomic E-state index is 12.5. The van der Waals surface area contributed by atoms with Crippen LogP contribution in [0.4, 0.5) is 0 Å². The molecular formula is C19H22ClN5O. The summed E-state index contributed by atoms with van der Waals surface area (Å²) < 4.78 is 0. The third kappa shape index (κ3) is 3.72. The van der Waals surface area contributed by atoms with Crippen molar-refractivity contribution in [2.75, 3.05) is 19.6 Å². The van der Waals surface area contributed by atoms with E-state index in [2.05, 4.69) is 15.8 Å². The second-order valence-corrected chi connectivity index (χ2v) is 7.29. The van der Waals surface area contributed by atoms with Gasteiger partial charge in [0.2, 0.25) is 5.91 Å². The zero-order valence-electron chi connectivity index (χ0n) is 14.5. The number of rotatable bonds is 3. The molecule has 2 fully saturated rings. The number of hydrogen-bond acceptors (Lipinski definition) is 5. The Hall–Kier alpha value is -2.02. The molecule has 6 nitrogen and oxygen atoms in total. The van der Waals surface area contributed by atoms with E-state index in [-0.39, 0.29) is 11.9 Å². The highest BCUT2D eigenvalue weighted by Gasteiger charge is 2.30. The van der Waals surface area contributed by atoms with Crippen LogP contribution < -0.4 is 10.9 Å². The van der Waals surface area contributed by atoms with Crippen molar-refractivity contribution in [2.45, 2.75) is 31.2 Å². The van der Waals surface area contributed by atoms with Gasteiger partial charge >= 0.3 is 0 Å². The molecule has 2 saturated heterocycles. The van der Waals surface area contributed by atoms with Crippen LogP contribution in [0.1, 0.15) is 30.9 Å². The Morgan fingerprint density at radius 2 is 2.04 bits per heavy atom. The van der Waals surface area contributed by atoms with Crippen LogP contribution in [-0.2, 0) is 4.79 Å². The van der Waals surface area contributed by atoms with Gasteiger partial charge in [-0.3, -0.25) is 15.2 Å². The van der Waals surface area contributed by atoms with Gasteiger partial charge in [-0.05, 0) is 31.4 Å². The van der Waals surface area contributed by atoms with E-state index in [0.29, 0.717) is 10.9 Å². The predicted octanol–water partition coefficient (Wildman–Crippen LogP) is 2.37. The van der Waals surface area contributed by atoms with Gasteiger partial charge in [-0.25, -0.2) is 10.4 Å². The molecule has 1 aromatic heterocycles. The summed E-state index contributed by atoms with van der Waals surface area (Å²) in [5, 5.41) is 0.691. The van der Waals surface area contributed by atoms with Gasteiger partial charge in [0, 0.05) is 42.3 Å². The van der Waals surface area contributed by atoms with E-state index in [0.717, 1.165) is 55.8 Å². The summed E-state index contributed by atoms with van der Waals surface area (Å²) in [7, 11) is 0. The first-order chi connectivity index (χ1) is 12.7. The van der Waals surface area contributed by atoms with Crippen LogP contribution in [-0.4, -0.2) is 46.5 Å². The lowest BCUT2D eigenvalue weighted by molar-refractivity contribution is -0.134. The molecule has 1 aromatic carbocycles. The minimum atomic E-state index is -0.0856. The van der Waals surface area contributed by atoms with Gasteiger partial charge in [0.05, 0.1) is 17.6 Å². The molecule has 2 N–H and O–H groups in total. The normalized spacial score (nSPS) is 21.1. The molecule has 26 heavy (non-hydrogen) atoms. The molecule has 136 valence electrons. The second-order valence-electron chi connectivity index (χ2n) is 6.85. The van der Waals surface area contributed by atoms with Crippen LogP contribution in [0.15, 0.2) is 36.7 Å². The third-order valence-corrected chi connectivity index (χ3v) is 5.37. The summed E-state index contributed by atoms with van der Waals surface area (Å²) in [6.45, 7) is 2.38. The van der Waals surface area contributed by atoms with Crippen molar-refractivity contribution < 1.29 is 4.79 Å². The number of piperidine rings is 1. The molecular weight excluding hydrogens is 350 g/mol. The molecule has 4 rings (SSSR count). The molecule has 0 radical (unpaired) electrons. The van der Waals surface area contributed by atoms with Gasteiger partial charge in [0.25, 0.3) is 0 Å². The van der Waals surface area contributed by atoms with Crippen molar-refractivity contribution in [3.63, 3.8) is 0 Å². The van der Waals surface area contributed by atoms with Gasteiger partial charge in [-0.15, -0.1) is 0 Å². The average Bonchev–Trinajstić information content (AvgIpc) is 3.22. The number of likely N-dealkylation sites (tertiary alicyclic amines) is 1. The standard InChI is InChI=1S/C19H22ClN5O/c20-15-3-1-2-14(10-15)18-12-21-11-17(23-18)13-5-8-25(9-6-13)19(26)16-4-7-22-24-16/h1-3,10-13,16,22,24H,4-9H2. The topological polar surface area (TPSA) is 70.2 Å². The number of benzene rings is 1. The summed E-state index contributed by atoms with van der Waals surface area (Å²) in [6, 6.07) is 7.58. The largest absolute Gasteiger partial charge is 0.341 e. The first kappa shape index (κ1) is 17.4. The summed E-state index contributed by atoms with van der Waals surface area (Å²) in [6.07, 6.45) is 6.30. The SMILES string of the molecule is O=C(C1CCNN1)N1CCC(c2cncc(-c3cccc(Cl)c3)n2)CC1. The lowest BCUT2D eigenvalue weighted by Gasteiger charge is -2.33. The maximum absolute atomic E-state index is 12.5. The molecule has 2 aliphatic rings. The van der Waals surface area contributed by atoms with E-state index in [1.165, 1.54) is 0 Å². The van der Waals surface area contributed by atoms with E-state index in [1.807, 2.05) is 35.4 Å². The Bertz CT molecular complexity index is 785. The summed E-state index contributed by atoms with van der Waals surface area (Å²) in [5.74, 6) is 0.535. The van der Waals surface area contributed by atoms with Crippen molar-refractivity contribution in [1.82, 2.24) is 25.7 Å². The Morgan fingerprint density at radius 1 is 1.19 bits per heavy atom. The maximum Gasteiger partial charge on any atom is 0.241 e. The molecule has 0 aliphatic carbocycles. The number of halogens is 1. The zero-order valence-corrected chi connectivity index (χ0v) is 15.2. The number of amides is 1. The Kier molecular flexibility index (Phi) is 5.15. The Balaban J connectivity index is 1.43. The van der Waals surface area contributed by atoms with E-state index < -0.39 is 0 Å². The molecule has 0 spiro atoms. The number of nitrogens with one attached hydrogen (secondary N) is 2. The number of carbonyl (C=O) groups is 1. The summed E-state index contributed by atoms with van der Waals surface area (Å²) >= 11 is 6.09. The van der Waals surface area contributed by atoms with E-state index in [1.54, 1.807) is 6.20 Å². The fourth-order valence-electron chi connectivity index (χ4n) is 3.65. The lowest BCUT2D eigenvalue weighted by atomic mass is 9.93. The van der Waals surface area contributed by atoms with E-state index in [9.17, 15) is 4.79 Å². The van der Waals surface area contributed by atoms with Gasteiger partial charge in [-0.2, -0.15) is 0 Å². The molecule has 0 bridgehead atoms. The van der Waals surface area contributed by atoms with Crippen LogP contribution in [0, 0.1) is 0 Å². The minimum Gasteiger partial charge on any atom is -0.341 e. The highest BCUT2D eigenvalue weighted by Crippen LogP contribution is 2.29. The molecule has 0 saturated carbocycles. The average molecular weight is 372 g/mol. The van der Waals surface area contributed by atoms with E-state index in [4.69, 9.17) is 16.6 Å². The first-order valence-corrected chi connectivity index (χ1v) is 9.43. The fourth-order valence-corrected chi connectivity index (χ4v) is 3.84. The van der Waals surface area contributed by atoms with Crippen molar-refractivity contribution in [2.24, 2.45) is 0 Å². The second kappa shape index (κ2) is 7.70. The van der Waals surface area contributed by atoms with Crippen LogP contribution in [0.5, 0.6) is 0 Å². The predicted molar refractivity (Wildman–Crippen MR) is 101 cm³/mol. The highest BCUT2D eigenvalue weighted by atomic mass is 35.5. The van der Waals surface area contributed by atoms with Crippen molar-refractivity contribution >= 4 is 17.5 Å². The molecule has 1 amide bonds. The smallest absolute Gasteiger partial charge is 0.241 e. The monoisotopic (exact) mass is 371 g/mol. The van der Waals surface area contributed by atoms with Crippen LogP contribution in [0.25, 0.3) is 11.3 Å². The number of carbonyl (C=O) groups excluding carboxylic acids is 1. The molecule has 2 aromatic rings. The molecule has 2 aliphatic heterocycles. The first-order valence-electron chi connectivity index (χ1n) is 9.06.